The fraction of sp³-hybridized carbons (Fsp3) is 0.462. The zero-order valence-electron chi connectivity index (χ0n) is 11.4. The van der Waals surface area contributed by atoms with E-state index < -0.39 is 24.3 Å². The van der Waals surface area contributed by atoms with E-state index in [9.17, 15) is 23.1 Å². The summed E-state index contributed by atoms with van der Waals surface area (Å²) in [6, 6.07) is 5.90. The Morgan fingerprint density at radius 2 is 2.00 bits per heavy atom. The summed E-state index contributed by atoms with van der Waals surface area (Å²) < 4.78 is 36.4. The van der Waals surface area contributed by atoms with Crippen molar-refractivity contribution in [3.8, 4) is 0 Å². The van der Waals surface area contributed by atoms with Crippen LogP contribution >= 0.6 is 0 Å². The topological polar surface area (TPSA) is 81.6 Å². The molecule has 0 aliphatic heterocycles. The summed E-state index contributed by atoms with van der Waals surface area (Å²) in [5.41, 5.74) is -0.614. The second-order valence-electron chi connectivity index (χ2n) is 4.91. The van der Waals surface area contributed by atoms with E-state index in [0.29, 0.717) is 5.56 Å². The van der Waals surface area contributed by atoms with Crippen LogP contribution in [-0.2, 0) is 11.3 Å². The first-order valence-electron chi connectivity index (χ1n) is 6.15. The van der Waals surface area contributed by atoms with Crippen molar-refractivity contribution < 1.29 is 28.2 Å². The minimum absolute atomic E-state index is 0.0329. The van der Waals surface area contributed by atoms with Gasteiger partial charge in [-0.05, 0) is 24.6 Å². The van der Waals surface area contributed by atoms with Crippen LogP contribution in [0.3, 0.4) is 0 Å². The molecule has 0 heterocycles. The summed E-state index contributed by atoms with van der Waals surface area (Å²) in [6.45, 7) is 1.41. The average Bonchev–Trinajstić information content (AvgIpc) is 2.38. The number of aliphatic hydroxyl groups excluding tert-OH is 1. The van der Waals surface area contributed by atoms with Crippen molar-refractivity contribution in [3.05, 3.63) is 29.8 Å². The predicted octanol–water partition coefficient (Wildman–Crippen LogP) is 1.02. The van der Waals surface area contributed by atoms with Gasteiger partial charge in [0.25, 0.3) is 0 Å². The molecule has 1 atom stereocenters. The SMILES string of the molecule is CC(O)(CO)CNCc1cccc(NC(=O)C(F)(F)F)c1. The molecule has 0 aliphatic carbocycles. The van der Waals surface area contributed by atoms with Crippen LogP contribution in [0, 0.1) is 0 Å². The van der Waals surface area contributed by atoms with Gasteiger partial charge in [0.1, 0.15) is 0 Å². The minimum Gasteiger partial charge on any atom is -0.393 e. The maximum Gasteiger partial charge on any atom is 0.471 e. The summed E-state index contributed by atoms with van der Waals surface area (Å²) in [5, 5.41) is 23.1. The molecule has 0 fully saturated rings. The van der Waals surface area contributed by atoms with E-state index in [1.165, 1.54) is 25.1 Å². The monoisotopic (exact) mass is 306 g/mol. The molecule has 1 aromatic carbocycles. The zero-order valence-corrected chi connectivity index (χ0v) is 11.4. The van der Waals surface area contributed by atoms with Crippen LogP contribution in [-0.4, -0.2) is 41.0 Å². The quantitative estimate of drug-likeness (QED) is 0.632. The van der Waals surface area contributed by atoms with Crippen LogP contribution in [0.2, 0.25) is 0 Å². The molecular formula is C13H17F3N2O3. The van der Waals surface area contributed by atoms with Crippen LogP contribution in [0.5, 0.6) is 0 Å². The molecule has 118 valence electrons. The van der Waals surface area contributed by atoms with Crippen molar-refractivity contribution in [2.24, 2.45) is 0 Å². The highest BCUT2D eigenvalue weighted by Crippen LogP contribution is 2.18. The Bertz CT molecular complexity index is 490. The molecule has 0 saturated heterocycles. The Balaban J connectivity index is 2.59. The van der Waals surface area contributed by atoms with Gasteiger partial charge in [0, 0.05) is 18.8 Å². The molecular weight excluding hydrogens is 289 g/mol. The standard InChI is InChI=1S/C13H17F3N2O3/c1-12(21,8-19)7-17-6-9-3-2-4-10(5-9)18-11(20)13(14,15)16/h2-5,17,19,21H,6-8H2,1H3,(H,18,20). The van der Waals surface area contributed by atoms with Gasteiger partial charge in [0.2, 0.25) is 0 Å². The van der Waals surface area contributed by atoms with Crippen molar-refractivity contribution in [3.63, 3.8) is 0 Å². The van der Waals surface area contributed by atoms with Crippen LogP contribution < -0.4 is 10.6 Å². The molecule has 0 bridgehead atoms. The lowest BCUT2D eigenvalue weighted by atomic mass is 10.1. The van der Waals surface area contributed by atoms with Gasteiger partial charge in [-0.15, -0.1) is 0 Å². The first-order chi connectivity index (χ1) is 9.64. The predicted molar refractivity (Wildman–Crippen MR) is 70.5 cm³/mol. The number of rotatable bonds is 6. The molecule has 4 N–H and O–H groups in total. The number of anilines is 1. The summed E-state index contributed by atoms with van der Waals surface area (Å²) in [5.74, 6) is -2.03. The maximum absolute atomic E-state index is 12.1. The van der Waals surface area contributed by atoms with Gasteiger partial charge in [0.05, 0.1) is 12.2 Å². The van der Waals surface area contributed by atoms with E-state index >= 15 is 0 Å². The normalized spacial score (nSPS) is 14.6. The van der Waals surface area contributed by atoms with E-state index in [4.69, 9.17) is 5.11 Å². The molecule has 0 saturated carbocycles. The summed E-state index contributed by atoms with van der Waals surface area (Å²) in [4.78, 5) is 10.8. The van der Waals surface area contributed by atoms with E-state index in [2.05, 4.69) is 5.32 Å². The van der Waals surface area contributed by atoms with Crippen LogP contribution in [0.15, 0.2) is 24.3 Å². The largest absolute Gasteiger partial charge is 0.471 e. The summed E-state index contributed by atoms with van der Waals surface area (Å²) >= 11 is 0. The number of halogens is 3. The molecule has 0 aromatic heterocycles. The van der Waals surface area contributed by atoms with Gasteiger partial charge in [-0.2, -0.15) is 13.2 Å². The zero-order chi connectivity index (χ0) is 16.1. The van der Waals surface area contributed by atoms with Crippen LogP contribution in [0.25, 0.3) is 0 Å². The van der Waals surface area contributed by atoms with Crippen molar-refractivity contribution in [1.82, 2.24) is 5.32 Å². The molecule has 0 radical (unpaired) electrons. The Labute approximate surface area is 119 Å². The molecule has 21 heavy (non-hydrogen) atoms. The van der Waals surface area contributed by atoms with Crippen molar-refractivity contribution in [1.29, 1.82) is 0 Å². The number of amides is 1. The molecule has 1 amide bonds. The number of hydrogen-bond donors (Lipinski definition) is 4. The van der Waals surface area contributed by atoms with E-state index in [1.54, 1.807) is 11.4 Å². The number of nitrogens with one attached hydrogen (secondary N) is 2. The highest BCUT2D eigenvalue weighted by molar-refractivity contribution is 5.94. The lowest BCUT2D eigenvalue weighted by Gasteiger charge is -2.20. The average molecular weight is 306 g/mol. The van der Waals surface area contributed by atoms with Crippen molar-refractivity contribution >= 4 is 11.6 Å². The fourth-order valence-electron chi connectivity index (χ4n) is 1.49. The third kappa shape index (κ3) is 6.11. The number of carbonyl (C=O) groups excluding carboxylic acids is 1. The summed E-state index contributed by atoms with van der Waals surface area (Å²) in [6.07, 6.45) is -4.94. The number of aliphatic hydroxyl groups is 2. The first kappa shape index (κ1) is 17.4. The van der Waals surface area contributed by atoms with Crippen LogP contribution in [0.1, 0.15) is 12.5 Å². The highest BCUT2D eigenvalue weighted by Gasteiger charge is 2.38. The van der Waals surface area contributed by atoms with Crippen molar-refractivity contribution in [2.45, 2.75) is 25.2 Å². The third-order valence-corrected chi connectivity index (χ3v) is 2.62. The minimum atomic E-state index is -4.94. The highest BCUT2D eigenvalue weighted by atomic mass is 19.4. The molecule has 1 rings (SSSR count). The van der Waals surface area contributed by atoms with Crippen molar-refractivity contribution in [2.75, 3.05) is 18.5 Å². The van der Waals surface area contributed by atoms with Gasteiger partial charge >= 0.3 is 12.1 Å². The Kier molecular flexibility index (Phi) is 5.70. The lowest BCUT2D eigenvalue weighted by Crippen LogP contribution is -2.40. The molecule has 1 unspecified atom stereocenters. The molecule has 8 heteroatoms. The van der Waals surface area contributed by atoms with Crippen LogP contribution in [0.4, 0.5) is 18.9 Å². The second kappa shape index (κ2) is 6.88. The van der Waals surface area contributed by atoms with Gasteiger partial charge in [0.15, 0.2) is 0 Å². The first-order valence-corrected chi connectivity index (χ1v) is 6.15. The molecule has 1 aromatic rings. The fourth-order valence-corrected chi connectivity index (χ4v) is 1.49. The maximum atomic E-state index is 12.1. The smallest absolute Gasteiger partial charge is 0.393 e. The number of carbonyl (C=O) groups is 1. The summed E-state index contributed by atoms with van der Waals surface area (Å²) in [7, 11) is 0. The second-order valence-corrected chi connectivity index (χ2v) is 4.91. The van der Waals surface area contributed by atoms with E-state index in [-0.39, 0.29) is 18.8 Å². The number of benzene rings is 1. The van der Waals surface area contributed by atoms with E-state index in [1.807, 2.05) is 0 Å². The van der Waals surface area contributed by atoms with Gasteiger partial charge in [-0.3, -0.25) is 4.79 Å². The third-order valence-electron chi connectivity index (χ3n) is 2.62. The molecule has 0 aliphatic rings. The number of hydrogen-bond acceptors (Lipinski definition) is 4. The van der Waals surface area contributed by atoms with E-state index in [0.717, 1.165) is 0 Å². The molecule has 5 nitrogen and oxygen atoms in total. The van der Waals surface area contributed by atoms with Gasteiger partial charge in [-0.1, -0.05) is 12.1 Å². The Morgan fingerprint density at radius 1 is 1.33 bits per heavy atom. The Morgan fingerprint density at radius 3 is 2.57 bits per heavy atom. The number of alkyl halides is 3. The Hall–Kier alpha value is -1.64. The molecule has 0 spiro atoms. The van der Waals surface area contributed by atoms with Gasteiger partial charge in [-0.25, -0.2) is 0 Å². The lowest BCUT2D eigenvalue weighted by molar-refractivity contribution is -0.167. The van der Waals surface area contributed by atoms with Gasteiger partial charge < -0.3 is 20.8 Å².